The van der Waals surface area contributed by atoms with Crippen LogP contribution in [0.15, 0.2) is 29.1 Å². The Morgan fingerprint density at radius 3 is 2.56 bits per heavy atom. The van der Waals surface area contributed by atoms with Gasteiger partial charge in [-0.25, -0.2) is 4.98 Å². The number of benzene rings is 1. The molecule has 1 fully saturated rings. The molecule has 1 aromatic carbocycles. The molecule has 192 valence electrons. The maximum Gasteiger partial charge on any atom is 0.259 e. The average Bonchev–Trinajstić information content (AvgIpc) is 3.25. The van der Waals surface area contributed by atoms with Gasteiger partial charge in [-0.15, -0.1) is 11.3 Å². The summed E-state index contributed by atoms with van der Waals surface area (Å²) in [7, 11) is 1.67. The lowest BCUT2D eigenvalue weighted by Crippen LogP contribution is -2.48. The van der Waals surface area contributed by atoms with E-state index < -0.39 is 0 Å². The molecule has 0 saturated carbocycles. The first-order chi connectivity index (χ1) is 17.2. The third-order valence-corrected chi connectivity index (χ3v) is 8.99. The van der Waals surface area contributed by atoms with Crippen LogP contribution in [0.25, 0.3) is 10.2 Å². The number of carbonyl (C=O) groups is 1. The number of nitrogens with zero attached hydrogens (tertiary/aromatic N) is 3. The number of piperazine rings is 1. The van der Waals surface area contributed by atoms with E-state index in [0.29, 0.717) is 37.7 Å². The summed E-state index contributed by atoms with van der Waals surface area (Å²) in [5.74, 6) is 2.20. The number of ether oxygens (including phenoxy) is 1. The van der Waals surface area contributed by atoms with Gasteiger partial charge in [0.25, 0.3) is 5.56 Å². The van der Waals surface area contributed by atoms with Crippen molar-refractivity contribution in [1.29, 1.82) is 0 Å². The molecule has 1 aliphatic carbocycles. The van der Waals surface area contributed by atoms with Gasteiger partial charge in [-0.3, -0.25) is 9.59 Å². The van der Waals surface area contributed by atoms with Crippen molar-refractivity contribution in [3.8, 4) is 5.75 Å². The van der Waals surface area contributed by atoms with Gasteiger partial charge in [0.1, 0.15) is 16.4 Å². The Morgan fingerprint density at radius 2 is 1.89 bits per heavy atom. The van der Waals surface area contributed by atoms with Crippen molar-refractivity contribution >= 4 is 33.1 Å². The maximum atomic E-state index is 13.0. The number of aryl methyl sites for hydroxylation is 2. The number of hydrogen-bond donors (Lipinski definition) is 1. The summed E-state index contributed by atoms with van der Waals surface area (Å²) in [4.78, 5) is 40.0. The Balaban J connectivity index is 1.20. The van der Waals surface area contributed by atoms with E-state index in [9.17, 15) is 9.59 Å². The Morgan fingerprint density at radius 1 is 1.17 bits per heavy atom. The zero-order chi connectivity index (χ0) is 25.4. The van der Waals surface area contributed by atoms with Crippen molar-refractivity contribution in [3.63, 3.8) is 0 Å². The monoisotopic (exact) mass is 508 g/mol. The van der Waals surface area contributed by atoms with Gasteiger partial charge >= 0.3 is 0 Å². The van der Waals surface area contributed by atoms with Crippen LogP contribution in [0.4, 0.5) is 5.69 Å². The molecule has 8 heteroatoms. The Labute approximate surface area is 216 Å². The van der Waals surface area contributed by atoms with Crippen molar-refractivity contribution in [2.75, 3.05) is 38.2 Å². The van der Waals surface area contributed by atoms with E-state index in [4.69, 9.17) is 9.72 Å². The number of rotatable bonds is 5. The summed E-state index contributed by atoms with van der Waals surface area (Å²) >= 11 is 1.67. The molecule has 0 radical (unpaired) electrons. The molecule has 1 unspecified atom stereocenters. The molecule has 1 saturated heterocycles. The Hall–Kier alpha value is -2.87. The number of amides is 1. The lowest BCUT2D eigenvalue weighted by Gasteiger charge is -2.36. The molecule has 1 amide bonds. The van der Waals surface area contributed by atoms with Crippen LogP contribution in [-0.4, -0.2) is 54.1 Å². The van der Waals surface area contributed by atoms with Crippen molar-refractivity contribution in [2.45, 2.75) is 52.9 Å². The van der Waals surface area contributed by atoms with Crippen LogP contribution >= 0.6 is 11.3 Å². The van der Waals surface area contributed by atoms with E-state index in [0.717, 1.165) is 54.0 Å². The number of aromatic nitrogens is 2. The predicted molar refractivity (Wildman–Crippen MR) is 145 cm³/mol. The van der Waals surface area contributed by atoms with Crippen LogP contribution in [0.2, 0.25) is 0 Å². The third kappa shape index (κ3) is 5.01. The first kappa shape index (κ1) is 24.8. The molecule has 1 atom stereocenters. The molecule has 0 spiro atoms. The van der Waals surface area contributed by atoms with Crippen LogP contribution in [0, 0.1) is 11.3 Å². The molecule has 1 N–H and O–H groups in total. The zero-order valence-electron chi connectivity index (χ0n) is 21.7. The fourth-order valence-corrected chi connectivity index (χ4v) is 6.80. The maximum absolute atomic E-state index is 13.0. The van der Waals surface area contributed by atoms with Gasteiger partial charge in [0.15, 0.2) is 0 Å². The smallest absolute Gasteiger partial charge is 0.259 e. The first-order valence-corrected chi connectivity index (χ1v) is 13.7. The van der Waals surface area contributed by atoms with Gasteiger partial charge in [0, 0.05) is 49.6 Å². The van der Waals surface area contributed by atoms with Gasteiger partial charge in [-0.2, -0.15) is 0 Å². The molecular weight excluding hydrogens is 472 g/mol. The van der Waals surface area contributed by atoms with Gasteiger partial charge in [0.05, 0.1) is 12.5 Å². The van der Waals surface area contributed by atoms with Gasteiger partial charge < -0.3 is 19.5 Å². The molecule has 1 aliphatic heterocycles. The summed E-state index contributed by atoms with van der Waals surface area (Å²) < 4.78 is 5.24. The summed E-state index contributed by atoms with van der Waals surface area (Å²) in [6, 6.07) is 8.04. The van der Waals surface area contributed by atoms with Crippen molar-refractivity contribution in [3.05, 3.63) is 50.9 Å². The van der Waals surface area contributed by atoms with E-state index in [1.54, 1.807) is 18.4 Å². The van der Waals surface area contributed by atoms with E-state index in [1.165, 1.54) is 10.4 Å². The number of hydrogen-bond acceptors (Lipinski definition) is 6. The normalized spacial score (nSPS) is 18.4. The molecule has 3 heterocycles. The highest BCUT2D eigenvalue weighted by Crippen LogP contribution is 2.42. The first-order valence-electron chi connectivity index (χ1n) is 12.9. The second-order valence-corrected chi connectivity index (χ2v) is 12.2. The number of anilines is 1. The lowest BCUT2D eigenvalue weighted by molar-refractivity contribution is -0.131. The van der Waals surface area contributed by atoms with E-state index in [2.05, 4.69) is 42.8 Å². The van der Waals surface area contributed by atoms with Crippen LogP contribution in [0.3, 0.4) is 0 Å². The number of thiophene rings is 1. The van der Waals surface area contributed by atoms with Crippen LogP contribution < -0.4 is 15.2 Å². The minimum atomic E-state index is -0.0535. The fourth-order valence-electron chi connectivity index (χ4n) is 5.48. The zero-order valence-corrected chi connectivity index (χ0v) is 22.5. The molecule has 0 bridgehead atoms. The summed E-state index contributed by atoms with van der Waals surface area (Å²) in [5.41, 5.74) is 2.55. The number of methoxy groups -OCH3 is 1. The molecular formula is C28H36N4O3S. The lowest BCUT2D eigenvalue weighted by atomic mass is 9.72. The summed E-state index contributed by atoms with van der Waals surface area (Å²) in [6.45, 7) is 9.89. The number of fused-ring (bicyclic) bond motifs is 3. The number of H-pyrrole nitrogens is 1. The standard InChI is InChI=1S/C28H36N4O3S/c1-28(2,3)18-5-10-21-22(17-18)36-27-25(21)26(34)29-23(30-27)11-12-24(33)32-15-13-31(14-16-32)19-6-8-20(35-4)9-7-19/h6-9,18H,5,10-17H2,1-4H3,(H,29,30,34). The summed E-state index contributed by atoms with van der Waals surface area (Å²) in [5, 5.41) is 0.770. The second kappa shape index (κ2) is 9.88. The third-order valence-electron chi connectivity index (χ3n) is 7.84. The highest BCUT2D eigenvalue weighted by atomic mass is 32.1. The molecule has 3 aromatic rings. The van der Waals surface area contributed by atoms with Crippen molar-refractivity contribution < 1.29 is 9.53 Å². The molecule has 2 aromatic heterocycles. The molecule has 5 rings (SSSR count). The predicted octanol–water partition coefficient (Wildman–Crippen LogP) is 4.43. The van der Waals surface area contributed by atoms with E-state index in [-0.39, 0.29) is 16.9 Å². The molecule has 2 aliphatic rings. The number of aromatic amines is 1. The Kier molecular flexibility index (Phi) is 6.81. The minimum absolute atomic E-state index is 0.0535. The molecule has 36 heavy (non-hydrogen) atoms. The summed E-state index contributed by atoms with van der Waals surface area (Å²) in [6.07, 6.45) is 3.89. The van der Waals surface area contributed by atoms with Crippen molar-refractivity contribution in [2.24, 2.45) is 11.3 Å². The van der Waals surface area contributed by atoms with Crippen LogP contribution in [0.5, 0.6) is 5.75 Å². The topological polar surface area (TPSA) is 78.5 Å². The quantitative estimate of drug-likeness (QED) is 0.552. The van der Waals surface area contributed by atoms with Crippen molar-refractivity contribution in [1.82, 2.24) is 14.9 Å². The Bertz CT molecular complexity index is 1300. The van der Waals surface area contributed by atoms with Gasteiger partial charge in [0.2, 0.25) is 5.91 Å². The van der Waals surface area contributed by atoms with Crippen LogP contribution in [0.1, 0.15) is 49.9 Å². The second-order valence-electron chi connectivity index (χ2n) is 11.1. The fraction of sp³-hybridized carbons (Fsp3) is 0.536. The minimum Gasteiger partial charge on any atom is -0.497 e. The number of nitrogens with one attached hydrogen (secondary N) is 1. The van der Waals surface area contributed by atoms with Crippen LogP contribution in [-0.2, 0) is 24.1 Å². The molecule has 7 nitrogen and oxygen atoms in total. The van der Waals surface area contributed by atoms with Gasteiger partial charge in [-0.05, 0) is 60.4 Å². The van der Waals surface area contributed by atoms with E-state index in [1.807, 2.05) is 17.0 Å². The largest absolute Gasteiger partial charge is 0.497 e. The highest BCUT2D eigenvalue weighted by molar-refractivity contribution is 7.18. The highest BCUT2D eigenvalue weighted by Gasteiger charge is 2.31. The SMILES string of the molecule is COc1ccc(N2CCN(C(=O)CCc3nc4sc5c(c4c(=O)[nH]3)CCC(C(C)(C)C)C5)CC2)cc1. The average molecular weight is 509 g/mol. The number of carbonyl (C=O) groups excluding carboxylic acids is 1. The van der Waals surface area contributed by atoms with E-state index >= 15 is 0 Å². The van der Waals surface area contributed by atoms with Gasteiger partial charge in [-0.1, -0.05) is 20.8 Å².